The largest absolute Gasteiger partial charge is 0.300 e. The highest BCUT2D eigenvalue weighted by molar-refractivity contribution is 5.86. The lowest BCUT2D eigenvalue weighted by molar-refractivity contribution is -0.133. The Morgan fingerprint density at radius 1 is 0.667 bits per heavy atom. The Labute approximate surface area is 133 Å². The molecule has 1 saturated carbocycles. The van der Waals surface area contributed by atoms with Crippen LogP contribution < -0.4 is 0 Å². The molecular formula is C20H38O. The topological polar surface area (TPSA) is 17.1 Å². The van der Waals surface area contributed by atoms with Crippen molar-refractivity contribution in [3.8, 4) is 0 Å². The van der Waals surface area contributed by atoms with Gasteiger partial charge in [0.1, 0.15) is 5.78 Å². The summed E-state index contributed by atoms with van der Waals surface area (Å²) in [5.74, 6) is 0.520. The van der Waals surface area contributed by atoms with E-state index in [0.29, 0.717) is 11.2 Å². The quantitative estimate of drug-likeness (QED) is 0.321. The number of hydrogen-bond acceptors (Lipinski definition) is 1. The molecule has 0 radical (unpaired) electrons. The minimum atomic E-state index is 0.437. The van der Waals surface area contributed by atoms with Crippen LogP contribution in [0.4, 0.5) is 0 Å². The summed E-state index contributed by atoms with van der Waals surface area (Å²) in [5.41, 5.74) is 0.437. The van der Waals surface area contributed by atoms with Gasteiger partial charge in [-0.2, -0.15) is 0 Å². The van der Waals surface area contributed by atoms with E-state index in [2.05, 4.69) is 13.8 Å². The molecule has 0 aromatic heterocycles. The smallest absolute Gasteiger partial charge is 0.134 e. The normalized spacial score (nSPS) is 17.0. The van der Waals surface area contributed by atoms with Gasteiger partial charge in [0.2, 0.25) is 0 Å². The van der Waals surface area contributed by atoms with Gasteiger partial charge in [-0.25, -0.2) is 0 Å². The molecule has 0 N–H and O–H groups in total. The lowest BCUT2D eigenvalue weighted by atomic mass is 9.62. The summed E-state index contributed by atoms with van der Waals surface area (Å²) in [6.45, 7) is 4.55. The Morgan fingerprint density at radius 3 is 1.43 bits per heavy atom. The average molecular weight is 295 g/mol. The molecule has 0 aromatic carbocycles. The van der Waals surface area contributed by atoms with Crippen molar-refractivity contribution < 1.29 is 4.79 Å². The molecule has 0 unspecified atom stereocenters. The van der Waals surface area contributed by atoms with Crippen LogP contribution in [0.3, 0.4) is 0 Å². The van der Waals surface area contributed by atoms with Crippen LogP contribution in [0.1, 0.15) is 117 Å². The predicted molar refractivity (Wildman–Crippen MR) is 92.7 cm³/mol. The van der Waals surface area contributed by atoms with Crippen molar-refractivity contribution in [1.82, 2.24) is 0 Å². The predicted octanol–water partition coefficient (Wildman–Crippen LogP) is 6.84. The molecule has 21 heavy (non-hydrogen) atoms. The first kappa shape index (κ1) is 18.7. The van der Waals surface area contributed by atoms with E-state index in [0.717, 1.165) is 12.8 Å². The van der Waals surface area contributed by atoms with Gasteiger partial charge in [-0.15, -0.1) is 0 Å². The average Bonchev–Trinajstić information content (AvgIpc) is 2.44. The summed E-state index contributed by atoms with van der Waals surface area (Å²) in [6, 6.07) is 0. The Balaban J connectivity index is 2.08. The molecule has 1 aliphatic rings. The molecule has 0 saturated heterocycles. The van der Waals surface area contributed by atoms with Gasteiger partial charge in [0.25, 0.3) is 0 Å². The third-order valence-electron chi connectivity index (χ3n) is 5.27. The first-order valence-electron chi connectivity index (χ1n) is 9.74. The maximum atomic E-state index is 11.5. The molecule has 1 fully saturated rings. The van der Waals surface area contributed by atoms with E-state index in [1.54, 1.807) is 0 Å². The minimum Gasteiger partial charge on any atom is -0.300 e. The van der Waals surface area contributed by atoms with E-state index in [4.69, 9.17) is 0 Å². The summed E-state index contributed by atoms with van der Waals surface area (Å²) in [4.78, 5) is 11.5. The Hall–Kier alpha value is -0.330. The highest BCUT2D eigenvalue weighted by Crippen LogP contribution is 2.47. The van der Waals surface area contributed by atoms with Crippen LogP contribution in [0.2, 0.25) is 0 Å². The highest BCUT2D eigenvalue weighted by Gasteiger charge is 2.41. The van der Waals surface area contributed by atoms with Crippen LogP contribution in [0.25, 0.3) is 0 Å². The van der Waals surface area contributed by atoms with Gasteiger partial charge in [0, 0.05) is 12.8 Å². The van der Waals surface area contributed by atoms with Crippen molar-refractivity contribution in [2.24, 2.45) is 5.41 Å². The molecule has 1 heteroatoms. The molecule has 0 aliphatic heterocycles. The fraction of sp³-hybridized carbons (Fsp3) is 0.950. The van der Waals surface area contributed by atoms with Crippen LogP contribution in [-0.2, 0) is 4.79 Å². The molecule has 0 aromatic rings. The zero-order valence-electron chi connectivity index (χ0n) is 14.7. The molecule has 1 aliphatic carbocycles. The van der Waals surface area contributed by atoms with Gasteiger partial charge in [-0.05, 0) is 18.3 Å². The van der Waals surface area contributed by atoms with Crippen LogP contribution in [-0.4, -0.2) is 5.78 Å². The van der Waals surface area contributed by atoms with E-state index < -0.39 is 0 Å². The van der Waals surface area contributed by atoms with Gasteiger partial charge in [0.05, 0.1) is 0 Å². The van der Waals surface area contributed by atoms with E-state index in [9.17, 15) is 4.79 Å². The van der Waals surface area contributed by atoms with Crippen LogP contribution in [0.5, 0.6) is 0 Å². The zero-order chi connectivity index (χ0) is 15.4. The zero-order valence-corrected chi connectivity index (χ0v) is 14.7. The lowest BCUT2D eigenvalue weighted by Gasteiger charge is -2.41. The van der Waals surface area contributed by atoms with Gasteiger partial charge < -0.3 is 0 Å². The summed E-state index contributed by atoms with van der Waals surface area (Å²) < 4.78 is 0. The number of carbonyl (C=O) groups is 1. The van der Waals surface area contributed by atoms with Gasteiger partial charge in [0.15, 0.2) is 0 Å². The van der Waals surface area contributed by atoms with Crippen molar-refractivity contribution in [1.29, 1.82) is 0 Å². The molecule has 0 heterocycles. The fourth-order valence-electron chi connectivity index (χ4n) is 3.82. The first-order valence-corrected chi connectivity index (χ1v) is 9.74. The fourth-order valence-corrected chi connectivity index (χ4v) is 3.82. The minimum absolute atomic E-state index is 0.437. The summed E-state index contributed by atoms with van der Waals surface area (Å²) >= 11 is 0. The molecule has 124 valence electrons. The van der Waals surface area contributed by atoms with Gasteiger partial charge in [-0.1, -0.05) is 90.9 Å². The van der Waals surface area contributed by atoms with Crippen molar-refractivity contribution in [3.05, 3.63) is 0 Å². The molecule has 0 bridgehead atoms. The number of carbonyl (C=O) groups excluding carboxylic acids is 1. The van der Waals surface area contributed by atoms with Crippen molar-refractivity contribution in [3.63, 3.8) is 0 Å². The van der Waals surface area contributed by atoms with Crippen molar-refractivity contribution >= 4 is 5.78 Å². The molecule has 1 nitrogen and oxygen atoms in total. The van der Waals surface area contributed by atoms with Gasteiger partial charge >= 0.3 is 0 Å². The number of unbranched alkanes of at least 4 members (excludes halogenated alkanes) is 10. The van der Waals surface area contributed by atoms with Crippen molar-refractivity contribution in [2.75, 3.05) is 0 Å². The SMILES string of the molecule is CCCCCCCCC1(CCCCCCCC)CC(=O)C1. The summed E-state index contributed by atoms with van der Waals surface area (Å²) in [7, 11) is 0. The molecular weight excluding hydrogens is 256 g/mol. The van der Waals surface area contributed by atoms with Crippen LogP contribution in [0, 0.1) is 5.41 Å². The summed E-state index contributed by atoms with van der Waals surface area (Å²) in [5, 5.41) is 0. The Morgan fingerprint density at radius 2 is 1.05 bits per heavy atom. The van der Waals surface area contributed by atoms with E-state index in [1.165, 1.54) is 89.9 Å². The maximum Gasteiger partial charge on any atom is 0.134 e. The second-order valence-electron chi connectivity index (χ2n) is 7.43. The number of ketones is 1. The third kappa shape index (κ3) is 8.02. The second kappa shape index (κ2) is 11.3. The van der Waals surface area contributed by atoms with E-state index >= 15 is 0 Å². The molecule has 0 spiro atoms. The molecule has 0 amide bonds. The van der Waals surface area contributed by atoms with Crippen molar-refractivity contribution in [2.45, 2.75) is 117 Å². The maximum absolute atomic E-state index is 11.5. The number of Topliss-reactive ketones (excluding diaryl/α,β-unsaturated/α-hetero) is 1. The standard InChI is InChI=1S/C20H38O/c1-3-5-7-9-11-13-15-20(17-19(21)18-20)16-14-12-10-8-6-4-2/h3-18H2,1-2H3. The Kier molecular flexibility index (Phi) is 10.0. The van der Waals surface area contributed by atoms with Crippen LogP contribution in [0.15, 0.2) is 0 Å². The highest BCUT2D eigenvalue weighted by atomic mass is 16.1. The monoisotopic (exact) mass is 294 g/mol. The first-order chi connectivity index (χ1) is 10.2. The number of hydrogen-bond donors (Lipinski definition) is 0. The number of rotatable bonds is 14. The second-order valence-corrected chi connectivity index (χ2v) is 7.43. The molecule has 1 rings (SSSR count). The summed E-state index contributed by atoms with van der Waals surface area (Å²) in [6.07, 6.45) is 20.9. The van der Waals surface area contributed by atoms with Gasteiger partial charge in [-0.3, -0.25) is 4.79 Å². The van der Waals surface area contributed by atoms with E-state index in [1.807, 2.05) is 0 Å². The van der Waals surface area contributed by atoms with Crippen LogP contribution >= 0.6 is 0 Å². The lowest BCUT2D eigenvalue weighted by Crippen LogP contribution is -2.37. The molecule has 0 atom stereocenters. The van der Waals surface area contributed by atoms with E-state index in [-0.39, 0.29) is 0 Å². The Bertz CT molecular complexity index is 243. The third-order valence-corrected chi connectivity index (χ3v) is 5.27.